The molecule has 2 nitrogen and oxygen atoms in total. The van der Waals surface area contributed by atoms with Gasteiger partial charge in [0.25, 0.3) is 0 Å². The van der Waals surface area contributed by atoms with Gasteiger partial charge in [0.2, 0.25) is 5.91 Å². The second-order valence-electron chi connectivity index (χ2n) is 5.27. The molecule has 1 amide bonds. The zero-order valence-electron chi connectivity index (χ0n) is 13.0. The normalized spacial score (nSPS) is 11.1. The summed E-state index contributed by atoms with van der Waals surface area (Å²) in [5.41, 5.74) is 0. The van der Waals surface area contributed by atoms with Crippen molar-refractivity contribution >= 4 is 5.91 Å². The Labute approximate surface area is 120 Å². The molecular weight excluding hydrogens is 234 g/mol. The number of carbonyl (C=O) groups is 1. The van der Waals surface area contributed by atoms with Gasteiger partial charge >= 0.3 is 0 Å². The van der Waals surface area contributed by atoms with Crippen LogP contribution in [0.4, 0.5) is 0 Å². The molecule has 0 bridgehead atoms. The molecule has 0 aliphatic heterocycles. The number of rotatable bonds is 13. The van der Waals surface area contributed by atoms with E-state index in [9.17, 15) is 4.79 Å². The van der Waals surface area contributed by atoms with Crippen LogP contribution < -0.4 is 5.32 Å². The van der Waals surface area contributed by atoms with Crippen molar-refractivity contribution in [1.29, 1.82) is 0 Å². The van der Waals surface area contributed by atoms with Crippen molar-refractivity contribution in [3.63, 3.8) is 0 Å². The number of allylic oxidation sites excluding steroid dienone is 2. The third-order valence-electron chi connectivity index (χ3n) is 3.24. The zero-order valence-corrected chi connectivity index (χ0v) is 13.0. The van der Waals surface area contributed by atoms with Crippen molar-refractivity contribution in [2.75, 3.05) is 6.54 Å². The summed E-state index contributed by atoms with van der Waals surface area (Å²) in [6.07, 6.45) is 17.5. The molecule has 0 radical (unpaired) electrons. The predicted octanol–water partition coefficient (Wildman–Crippen LogP) is 4.99. The van der Waals surface area contributed by atoms with Crippen molar-refractivity contribution in [3.05, 3.63) is 12.2 Å². The molecular formula is C17H33NO. The lowest BCUT2D eigenvalue weighted by molar-refractivity contribution is -0.121. The number of hydrogen-bond acceptors (Lipinski definition) is 1. The molecule has 0 aromatic rings. The van der Waals surface area contributed by atoms with Gasteiger partial charge in [-0.05, 0) is 32.1 Å². The van der Waals surface area contributed by atoms with Crippen LogP contribution in [0.25, 0.3) is 0 Å². The van der Waals surface area contributed by atoms with Gasteiger partial charge in [-0.25, -0.2) is 0 Å². The molecule has 0 aliphatic carbocycles. The monoisotopic (exact) mass is 267 g/mol. The van der Waals surface area contributed by atoms with Crippen molar-refractivity contribution in [2.45, 2.75) is 84.5 Å². The van der Waals surface area contributed by atoms with Crippen LogP contribution in [-0.2, 0) is 4.79 Å². The minimum Gasteiger partial charge on any atom is -0.356 e. The van der Waals surface area contributed by atoms with Crippen LogP contribution in [0.2, 0.25) is 0 Å². The molecule has 0 spiro atoms. The summed E-state index contributed by atoms with van der Waals surface area (Å²) >= 11 is 0. The van der Waals surface area contributed by atoms with Gasteiger partial charge in [0, 0.05) is 13.0 Å². The van der Waals surface area contributed by atoms with E-state index in [1.54, 1.807) is 0 Å². The van der Waals surface area contributed by atoms with E-state index in [0.717, 1.165) is 19.4 Å². The predicted molar refractivity (Wildman–Crippen MR) is 84.3 cm³/mol. The molecule has 1 N–H and O–H groups in total. The van der Waals surface area contributed by atoms with E-state index in [2.05, 4.69) is 31.3 Å². The van der Waals surface area contributed by atoms with E-state index < -0.39 is 0 Å². The van der Waals surface area contributed by atoms with E-state index >= 15 is 0 Å². The molecule has 0 saturated heterocycles. The summed E-state index contributed by atoms with van der Waals surface area (Å²) < 4.78 is 0. The molecule has 0 atom stereocenters. The highest BCUT2D eigenvalue weighted by Crippen LogP contribution is 2.08. The summed E-state index contributed by atoms with van der Waals surface area (Å²) in [7, 11) is 0. The SMILES string of the molecule is CCCC/C=C/CCCCCCCC(=O)NCCC. The van der Waals surface area contributed by atoms with Crippen LogP contribution in [0, 0.1) is 0 Å². The molecule has 19 heavy (non-hydrogen) atoms. The second-order valence-corrected chi connectivity index (χ2v) is 5.27. The van der Waals surface area contributed by atoms with Gasteiger partial charge in [-0.2, -0.15) is 0 Å². The Kier molecular flexibility index (Phi) is 14.6. The summed E-state index contributed by atoms with van der Waals surface area (Å²) in [4.78, 5) is 11.3. The van der Waals surface area contributed by atoms with Gasteiger partial charge in [0.05, 0.1) is 0 Å². The van der Waals surface area contributed by atoms with E-state index in [-0.39, 0.29) is 5.91 Å². The molecule has 112 valence electrons. The first-order valence-electron chi connectivity index (χ1n) is 8.23. The Hall–Kier alpha value is -0.790. The van der Waals surface area contributed by atoms with E-state index in [1.165, 1.54) is 51.4 Å². The van der Waals surface area contributed by atoms with Crippen LogP contribution >= 0.6 is 0 Å². The van der Waals surface area contributed by atoms with Crippen molar-refractivity contribution < 1.29 is 4.79 Å². The molecule has 0 aromatic heterocycles. The lowest BCUT2D eigenvalue weighted by Gasteiger charge is -2.03. The topological polar surface area (TPSA) is 29.1 Å². The van der Waals surface area contributed by atoms with Crippen LogP contribution in [0.3, 0.4) is 0 Å². The summed E-state index contributed by atoms with van der Waals surface area (Å²) in [6.45, 7) is 5.14. The van der Waals surface area contributed by atoms with Crippen molar-refractivity contribution in [1.82, 2.24) is 5.32 Å². The third kappa shape index (κ3) is 15.2. The smallest absolute Gasteiger partial charge is 0.219 e. The van der Waals surface area contributed by atoms with E-state index in [0.29, 0.717) is 6.42 Å². The van der Waals surface area contributed by atoms with E-state index in [1.807, 2.05) is 0 Å². The van der Waals surface area contributed by atoms with Crippen LogP contribution in [0.15, 0.2) is 12.2 Å². The van der Waals surface area contributed by atoms with Gasteiger partial charge in [-0.15, -0.1) is 0 Å². The second kappa shape index (κ2) is 15.3. The Balaban J connectivity index is 3.14. The Morgan fingerprint density at radius 2 is 1.47 bits per heavy atom. The molecule has 0 unspecified atom stereocenters. The fourth-order valence-electron chi connectivity index (χ4n) is 1.99. The maximum Gasteiger partial charge on any atom is 0.219 e. The number of nitrogens with one attached hydrogen (secondary N) is 1. The standard InChI is InChI=1S/C17H33NO/c1-3-5-6-7-8-9-10-11-12-13-14-15-17(19)18-16-4-2/h7-8H,3-6,9-16H2,1-2H3,(H,18,19)/b8-7+. The molecule has 2 heteroatoms. The minimum absolute atomic E-state index is 0.223. The Bertz CT molecular complexity index is 223. The van der Waals surface area contributed by atoms with Crippen LogP contribution in [0.5, 0.6) is 0 Å². The van der Waals surface area contributed by atoms with Gasteiger partial charge in [0.1, 0.15) is 0 Å². The molecule has 0 rings (SSSR count). The zero-order chi connectivity index (χ0) is 14.2. The maximum atomic E-state index is 11.3. The Morgan fingerprint density at radius 3 is 2.16 bits per heavy atom. The van der Waals surface area contributed by atoms with Gasteiger partial charge in [0.15, 0.2) is 0 Å². The van der Waals surface area contributed by atoms with E-state index in [4.69, 9.17) is 0 Å². The van der Waals surface area contributed by atoms with Crippen LogP contribution in [0.1, 0.15) is 84.5 Å². The fraction of sp³-hybridized carbons (Fsp3) is 0.824. The molecule has 0 fully saturated rings. The van der Waals surface area contributed by atoms with Crippen molar-refractivity contribution in [2.24, 2.45) is 0 Å². The maximum absolute atomic E-state index is 11.3. The number of carbonyl (C=O) groups excluding carboxylic acids is 1. The highest BCUT2D eigenvalue weighted by molar-refractivity contribution is 5.75. The molecule has 0 aromatic carbocycles. The Morgan fingerprint density at radius 1 is 0.842 bits per heavy atom. The average Bonchev–Trinajstić information content (AvgIpc) is 2.42. The number of amides is 1. The first kappa shape index (κ1) is 18.2. The summed E-state index contributed by atoms with van der Waals surface area (Å²) in [5.74, 6) is 0.223. The highest BCUT2D eigenvalue weighted by atomic mass is 16.1. The number of hydrogen-bond donors (Lipinski definition) is 1. The largest absolute Gasteiger partial charge is 0.356 e. The first-order valence-corrected chi connectivity index (χ1v) is 8.23. The van der Waals surface area contributed by atoms with Crippen LogP contribution in [-0.4, -0.2) is 12.5 Å². The minimum atomic E-state index is 0.223. The van der Waals surface area contributed by atoms with Crippen molar-refractivity contribution in [3.8, 4) is 0 Å². The van der Waals surface area contributed by atoms with Gasteiger partial charge in [-0.3, -0.25) is 4.79 Å². The summed E-state index contributed by atoms with van der Waals surface area (Å²) in [5, 5.41) is 2.92. The quantitative estimate of drug-likeness (QED) is 0.369. The number of unbranched alkanes of at least 4 members (excludes halogenated alkanes) is 7. The average molecular weight is 267 g/mol. The van der Waals surface area contributed by atoms with Gasteiger partial charge < -0.3 is 5.32 Å². The molecule has 0 aliphatic rings. The third-order valence-corrected chi connectivity index (χ3v) is 3.24. The summed E-state index contributed by atoms with van der Waals surface area (Å²) in [6, 6.07) is 0. The molecule has 0 saturated carbocycles. The lowest BCUT2D eigenvalue weighted by atomic mass is 10.1. The first-order chi connectivity index (χ1) is 9.31. The van der Waals surface area contributed by atoms with Gasteiger partial charge in [-0.1, -0.05) is 58.1 Å². The lowest BCUT2D eigenvalue weighted by Crippen LogP contribution is -2.23. The highest BCUT2D eigenvalue weighted by Gasteiger charge is 1.98. The fourth-order valence-corrected chi connectivity index (χ4v) is 1.99. The molecule has 0 heterocycles.